The Morgan fingerprint density at radius 1 is 1.29 bits per heavy atom. The molecule has 9 nitrogen and oxygen atoms in total. The number of nitro benzene ring substituents is 1. The zero-order valence-electron chi connectivity index (χ0n) is 15.5. The highest BCUT2D eigenvalue weighted by Gasteiger charge is 2.27. The van der Waals surface area contributed by atoms with Crippen molar-refractivity contribution in [3.05, 3.63) is 64.2 Å². The number of nitro groups is 1. The average Bonchev–Trinajstić information content (AvgIpc) is 3.21. The van der Waals surface area contributed by atoms with Crippen LogP contribution < -0.4 is 5.43 Å². The first-order valence-corrected chi connectivity index (χ1v) is 8.90. The van der Waals surface area contributed by atoms with Gasteiger partial charge in [0.1, 0.15) is 0 Å². The molecule has 1 atom stereocenters. The number of non-ortho nitro benzene ring substituents is 1. The number of benzene rings is 1. The molecule has 0 saturated heterocycles. The predicted octanol–water partition coefficient (Wildman–Crippen LogP) is 2.23. The van der Waals surface area contributed by atoms with Crippen LogP contribution in [-0.2, 0) is 4.74 Å². The molecule has 0 bridgehead atoms. The van der Waals surface area contributed by atoms with Gasteiger partial charge in [0.05, 0.1) is 24.7 Å². The van der Waals surface area contributed by atoms with Gasteiger partial charge in [0.25, 0.3) is 5.69 Å². The number of rotatable bonds is 10. The van der Waals surface area contributed by atoms with E-state index in [9.17, 15) is 24.8 Å². The molecule has 1 aromatic carbocycles. The maximum absolute atomic E-state index is 12.7. The van der Waals surface area contributed by atoms with Crippen LogP contribution in [0.1, 0.15) is 23.7 Å². The fraction of sp³-hybridized carbons (Fsp3) is 0.368. The van der Waals surface area contributed by atoms with Crippen molar-refractivity contribution < 1.29 is 24.4 Å². The number of hydrogen-bond donors (Lipinski definition) is 2. The van der Waals surface area contributed by atoms with Gasteiger partial charge >= 0.3 is 6.09 Å². The van der Waals surface area contributed by atoms with Gasteiger partial charge in [0.2, 0.25) is 0 Å². The van der Waals surface area contributed by atoms with Crippen molar-refractivity contribution in [2.75, 3.05) is 19.8 Å². The first-order chi connectivity index (χ1) is 13.5. The summed E-state index contributed by atoms with van der Waals surface area (Å²) >= 11 is 0. The quantitative estimate of drug-likeness (QED) is 0.357. The minimum atomic E-state index is -0.643. The number of nitrogens with one attached hydrogen (secondary N) is 1. The smallest absolute Gasteiger partial charge is 0.424 e. The topological polar surface area (TPSA) is 122 Å². The third-order valence-corrected chi connectivity index (χ3v) is 4.18. The highest BCUT2D eigenvalue weighted by Crippen LogP contribution is 2.20. The van der Waals surface area contributed by atoms with E-state index in [1.165, 1.54) is 24.3 Å². The van der Waals surface area contributed by atoms with Gasteiger partial charge < -0.3 is 9.84 Å². The van der Waals surface area contributed by atoms with Crippen molar-refractivity contribution in [1.82, 2.24) is 10.4 Å². The molecule has 1 aromatic rings. The van der Waals surface area contributed by atoms with Gasteiger partial charge in [-0.15, -0.1) is 0 Å². The monoisotopic (exact) mass is 389 g/mol. The van der Waals surface area contributed by atoms with Crippen LogP contribution in [0.2, 0.25) is 0 Å². The van der Waals surface area contributed by atoms with Crippen molar-refractivity contribution in [2.45, 2.75) is 19.4 Å². The Labute approximate surface area is 162 Å². The number of aliphatic hydroxyl groups is 1. The number of hydrazine groups is 1. The molecule has 0 heterocycles. The Kier molecular flexibility index (Phi) is 7.85. The van der Waals surface area contributed by atoms with Crippen molar-refractivity contribution in [2.24, 2.45) is 5.92 Å². The molecule has 0 fully saturated rings. The van der Waals surface area contributed by atoms with E-state index in [4.69, 9.17) is 4.74 Å². The van der Waals surface area contributed by atoms with Crippen LogP contribution in [0.3, 0.4) is 0 Å². The van der Waals surface area contributed by atoms with Crippen LogP contribution in [-0.4, -0.2) is 52.7 Å². The maximum atomic E-state index is 12.7. The van der Waals surface area contributed by atoms with Crippen molar-refractivity contribution in [3.8, 4) is 0 Å². The molecule has 2 rings (SSSR count). The molecule has 1 aliphatic carbocycles. The van der Waals surface area contributed by atoms with Crippen molar-refractivity contribution in [3.63, 3.8) is 0 Å². The Hall–Kier alpha value is -3.04. The lowest BCUT2D eigenvalue weighted by molar-refractivity contribution is -0.384. The standard InChI is InChI=1S/C19H23N3O6/c1-2-28-19(25)21(11-12-23)20-17(14-5-3-4-6-14)13-18(24)15-7-9-16(10-8-15)22(26)27/h3-10,14,17,20,23H,2,11-13H2,1H3. The number of aliphatic hydroxyl groups excluding tert-OH is 1. The Balaban J connectivity index is 2.14. The number of ketones is 1. The maximum Gasteiger partial charge on any atom is 0.424 e. The summed E-state index contributed by atoms with van der Waals surface area (Å²) in [5, 5.41) is 21.1. The number of allylic oxidation sites excluding steroid dienone is 2. The fourth-order valence-electron chi connectivity index (χ4n) is 2.78. The second-order valence-electron chi connectivity index (χ2n) is 6.09. The fourth-order valence-corrected chi connectivity index (χ4v) is 2.78. The van der Waals surface area contributed by atoms with E-state index < -0.39 is 17.1 Å². The number of carbonyl (C=O) groups is 2. The molecule has 1 aliphatic rings. The molecular weight excluding hydrogens is 366 g/mol. The van der Waals surface area contributed by atoms with E-state index in [-0.39, 0.29) is 43.6 Å². The van der Waals surface area contributed by atoms with Gasteiger partial charge in [-0.2, -0.15) is 0 Å². The lowest BCUT2D eigenvalue weighted by Crippen LogP contribution is -2.52. The van der Waals surface area contributed by atoms with Gasteiger partial charge in [-0.05, 0) is 19.1 Å². The normalized spacial score (nSPS) is 14.1. The third kappa shape index (κ3) is 5.73. The number of nitrogens with zero attached hydrogens (tertiary/aromatic N) is 2. The minimum Gasteiger partial charge on any atom is -0.449 e. The highest BCUT2D eigenvalue weighted by molar-refractivity contribution is 5.96. The summed E-state index contributed by atoms with van der Waals surface area (Å²) in [7, 11) is 0. The van der Waals surface area contributed by atoms with Crippen LogP contribution in [0, 0.1) is 16.0 Å². The van der Waals surface area contributed by atoms with Crippen LogP contribution >= 0.6 is 0 Å². The van der Waals surface area contributed by atoms with E-state index in [1.807, 2.05) is 24.3 Å². The summed E-state index contributed by atoms with van der Waals surface area (Å²) in [6.45, 7) is 1.58. The second kappa shape index (κ2) is 10.3. The van der Waals surface area contributed by atoms with E-state index >= 15 is 0 Å². The van der Waals surface area contributed by atoms with Gasteiger partial charge in [-0.3, -0.25) is 14.9 Å². The largest absolute Gasteiger partial charge is 0.449 e. The highest BCUT2D eigenvalue weighted by atomic mass is 16.6. The summed E-state index contributed by atoms with van der Waals surface area (Å²) in [5.74, 6) is -0.369. The Bertz CT molecular complexity index is 747. The zero-order chi connectivity index (χ0) is 20.5. The lowest BCUT2D eigenvalue weighted by Gasteiger charge is -2.30. The molecule has 28 heavy (non-hydrogen) atoms. The molecule has 1 unspecified atom stereocenters. The van der Waals surface area contributed by atoms with Crippen LogP contribution in [0.5, 0.6) is 0 Å². The van der Waals surface area contributed by atoms with Gasteiger partial charge in [0.15, 0.2) is 5.78 Å². The number of carbonyl (C=O) groups excluding carboxylic acids is 2. The molecule has 0 radical (unpaired) electrons. The SMILES string of the molecule is CCOC(=O)N(CCO)NC(CC(=O)c1ccc([N+](=O)[O-])cc1)C1C=CC=C1. The molecule has 150 valence electrons. The average molecular weight is 389 g/mol. The van der Waals surface area contributed by atoms with Crippen LogP contribution in [0.25, 0.3) is 0 Å². The van der Waals surface area contributed by atoms with Crippen LogP contribution in [0.4, 0.5) is 10.5 Å². The first kappa shape index (κ1) is 21.3. The van der Waals surface area contributed by atoms with Crippen molar-refractivity contribution >= 4 is 17.6 Å². The van der Waals surface area contributed by atoms with Crippen molar-refractivity contribution in [1.29, 1.82) is 0 Å². The van der Waals surface area contributed by atoms with E-state index in [0.717, 1.165) is 5.01 Å². The summed E-state index contributed by atoms with van der Waals surface area (Å²) < 4.78 is 4.97. The van der Waals surface area contributed by atoms with E-state index in [2.05, 4.69) is 5.43 Å². The molecule has 0 saturated carbocycles. The summed E-state index contributed by atoms with van der Waals surface area (Å²) in [5.41, 5.74) is 3.23. The summed E-state index contributed by atoms with van der Waals surface area (Å²) in [6, 6.07) is 4.92. The summed E-state index contributed by atoms with van der Waals surface area (Å²) in [4.78, 5) is 35.0. The molecule has 9 heteroatoms. The van der Waals surface area contributed by atoms with Gasteiger partial charge in [0, 0.05) is 36.1 Å². The molecule has 0 spiro atoms. The minimum absolute atomic E-state index is 0.00119. The molecule has 1 amide bonds. The molecular formula is C19H23N3O6. The van der Waals surface area contributed by atoms with Crippen LogP contribution in [0.15, 0.2) is 48.6 Å². The molecule has 0 aliphatic heterocycles. The molecule has 0 aromatic heterocycles. The number of hydrogen-bond acceptors (Lipinski definition) is 7. The van der Waals surface area contributed by atoms with Gasteiger partial charge in [-0.1, -0.05) is 24.3 Å². The van der Waals surface area contributed by atoms with Gasteiger partial charge in [-0.25, -0.2) is 15.2 Å². The van der Waals surface area contributed by atoms with E-state index in [0.29, 0.717) is 5.56 Å². The third-order valence-electron chi connectivity index (χ3n) is 4.18. The number of Topliss-reactive ketones (excluding diaryl/α,β-unsaturated/α-hetero) is 1. The lowest BCUT2D eigenvalue weighted by atomic mass is 9.94. The number of ether oxygens (including phenoxy) is 1. The van der Waals surface area contributed by atoms with E-state index in [1.54, 1.807) is 6.92 Å². The number of amides is 1. The summed E-state index contributed by atoms with van der Waals surface area (Å²) in [6.07, 6.45) is 6.87. The Morgan fingerprint density at radius 3 is 2.46 bits per heavy atom. The first-order valence-electron chi connectivity index (χ1n) is 8.90. The zero-order valence-corrected chi connectivity index (χ0v) is 15.5. The Morgan fingerprint density at radius 2 is 1.93 bits per heavy atom. The predicted molar refractivity (Wildman–Crippen MR) is 102 cm³/mol. The molecule has 2 N–H and O–H groups in total. The second-order valence-corrected chi connectivity index (χ2v) is 6.09.